The second-order valence-corrected chi connectivity index (χ2v) is 3.70. The number of ether oxygens (including phenoxy) is 2. The summed E-state index contributed by atoms with van der Waals surface area (Å²) in [5.74, 6) is 0. The fourth-order valence-corrected chi connectivity index (χ4v) is 1.71. The highest BCUT2D eigenvalue weighted by atomic mass is 16.5. The fourth-order valence-electron chi connectivity index (χ4n) is 1.71. The molecule has 0 aliphatic carbocycles. The van der Waals surface area contributed by atoms with Gasteiger partial charge in [-0.3, -0.25) is 0 Å². The highest BCUT2D eigenvalue weighted by Crippen LogP contribution is 2.12. The van der Waals surface area contributed by atoms with Crippen LogP contribution in [0, 0.1) is 0 Å². The van der Waals surface area contributed by atoms with Crippen LogP contribution in [0.1, 0.15) is 26.2 Å². The standard InChI is InChI=1S/C10H21NO2/c1-9-8-10(4-7-13-9)11-5-3-6-12-2/h9-11H,3-8H2,1-2H3. The minimum Gasteiger partial charge on any atom is -0.385 e. The molecule has 3 heteroatoms. The average molecular weight is 187 g/mol. The molecule has 0 spiro atoms. The minimum absolute atomic E-state index is 0.425. The van der Waals surface area contributed by atoms with E-state index >= 15 is 0 Å². The lowest BCUT2D eigenvalue weighted by Crippen LogP contribution is -2.38. The van der Waals surface area contributed by atoms with Crippen molar-refractivity contribution in [2.24, 2.45) is 0 Å². The maximum atomic E-state index is 5.47. The van der Waals surface area contributed by atoms with Gasteiger partial charge in [-0.25, -0.2) is 0 Å². The molecule has 2 atom stereocenters. The molecule has 2 unspecified atom stereocenters. The highest BCUT2D eigenvalue weighted by Gasteiger charge is 2.17. The molecule has 0 radical (unpaired) electrons. The van der Waals surface area contributed by atoms with Crippen molar-refractivity contribution in [2.75, 3.05) is 26.9 Å². The van der Waals surface area contributed by atoms with E-state index in [0.717, 1.165) is 39.0 Å². The van der Waals surface area contributed by atoms with E-state index in [1.807, 2.05) is 0 Å². The van der Waals surface area contributed by atoms with Crippen molar-refractivity contribution >= 4 is 0 Å². The van der Waals surface area contributed by atoms with E-state index in [0.29, 0.717) is 12.1 Å². The molecule has 1 saturated heterocycles. The third-order valence-electron chi connectivity index (χ3n) is 2.44. The van der Waals surface area contributed by atoms with Crippen LogP contribution < -0.4 is 5.32 Å². The van der Waals surface area contributed by atoms with Crippen molar-refractivity contribution in [1.29, 1.82) is 0 Å². The molecule has 1 aliphatic rings. The maximum Gasteiger partial charge on any atom is 0.0561 e. The topological polar surface area (TPSA) is 30.5 Å². The van der Waals surface area contributed by atoms with Crippen LogP contribution in [0.3, 0.4) is 0 Å². The van der Waals surface area contributed by atoms with Crippen molar-refractivity contribution in [3.8, 4) is 0 Å². The van der Waals surface area contributed by atoms with Crippen molar-refractivity contribution in [3.05, 3.63) is 0 Å². The SMILES string of the molecule is COCCCNC1CCOC(C)C1. The van der Waals surface area contributed by atoms with Gasteiger partial charge in [-0.05, 0) is 32.7 Å². The van der Waals surface area contributed by atoms with Crippen LogP contribution in [0.2, 0.25) is 0 Å². The van der Waals surface area contributed by atoms with Crippen molar-refractivity contribution < 1.29 is 9.47 Å². The molecule has 0 saturated carbocycles. The lowest BCUT2D eigenvalue weighted by Gasteiger charge is -2.28. The summed E-state index contributed by atoms with van der Waals surface area (Å²) in [7, 11) is 1.75. The number of nitrogens with one attached hydrogen (secondary N) is 1. The summed E-state index contributed by atoms with van der Waals surface area (Å²) >= 11 is 0. The molecule has 1 rings (SSSR count). The lowest BCUT2D eigenvalue weighted by molar-refractivity contribution is 0.0131. The van der Waals surface area contributed by atoms with Gasteiger partial charge in [0.25, 0.3) is 0 Å². The number of hydrogen-bond donors (Lipinski definition) is 1. The third kappa shape index (κ3) is 4.60. The van der Waals surface area contributed by atoms with Crippen LogP contribution in [0.4, 0.5) is 0 Å². The van der Waals surface area contributed by atoms with Gasteiger partial charge in [-0.1, -0.05) is 0 Å². The van der Waals surface area contributed by atoms with Gasteiger partial charge in [0.05, 0.1) is 6.10 Å². The zero-order valence-corrected chi connectivity index (χ0v) is 8.71. The van der Waals surface area contributed by atoms with Crippen LogP contribution in [-0.4, -0.2) is 39.0 Å². The van der Waals surface area contributed by atoms with Gasteiger partial charge in [0.15, 0.2) is 0 Å². The largest absolute Gasteiger partial charge is 0.385 e. The maximum absolute atomic E-state index is 5.47. The Balaban J connectivity index is 2.00. The van der Waals surface area contributed by atoms with Crippen LogP contribution in [0.5, 0.6) is 0 Å². The zero-order chi connectivity index (χ0) is 9.52. The van der Waals surface area contributed by atoms with Gasteiger partial charge in [0.2, 0.25) is 0 Å². The smallest absolute Gasteiger partial charge is 0.0561 e. The van der Waals surface area contributed by atoms with E-state index in [1.54, 1.807) is 7.11 Å². The molecule has 78 valence electrons. The molecule has 13 heavy (non-hydrogen) atoms. The summed E-state index contributed by atoms with van der Waals surface area (Å²) in [5, 5.41) is 3.53. The van der Waals surface area contributed by atoms with E-state index in [9.17, 15) is 0 Å². The van der Waals surface area contributed by atoms with Crippen LogP contribution in [-0.2, 0) is 9.47 Å². The van der Waals surface area contributed by atoms with E-state index < -0.39 is 0 Å². The molecule has 3 nitrogen and oxygen atoms in total. The number of rotatable bonds is 5. The molecule has 0 aromatic carbocycles. The summed E-state index contributed by atoms with van der Waals surface area (Å²) in [6.07, 6.45) is 3.82. The minimum atomic E-state index is 0.425. The highest BCUT2D eigenvalue weighted by molar-refractivity contribution is 4.74. The monoisotopic (exact) mass is 187 g/mol. The van der Waals surface area contributed by atoms with E-state index in [-0.39, 0.29) is 0 Å². The van der Waals surface area contributed by atoms with E-state index in [1.165, 1.54) is 0 Å². The Bertz CT molecular complexity index is 130. The Morgan fingerprint density at radius 1 is 1.54 bits per heavy atom. The van der Waals surface area contributed by atoms with E-state index in [2.05, 4.69) is 12.2 Å². The third-order valence-corrected chi connectivity index (χ3v) is 2.44. The molecule has 1 aliphatic heterocycles. The molecule has 1 heterocycles. The summed E-state index contributed by atoms with van der Waals surface area (Å²) in [5.41, 5.74) is 0. The van der Waals surface area contributed by atoms with Crippen molar-refractivity contribution in [2.45, 2.75) is 38.3 Å². The number of hydrogen-bond acceptors (Lipinski definition) is 3. The van der Waals surface area contributed by atoms with Crippen LogP contribution >= 0.6 is 0 Å². The van der Waals surface area contributed by atoms with Crippen molar-refractivity contribution in [3.63, 3.8) is 0 Å². The molecule has 0 amide bonds. The van der Waals surface area contributed by atoms with E-state index in [4.69, 9.17) is 9.47 Å². The molecule has 0 aromatic heterocycles. The Kier molecular flexibility index (Phi) is 5.35. The average Bonchev–Trinajstić information content (AvgIpc) is 2.13. The first kappa shape index (κ1) is 11.0. The molecule has 0 aromatic rings. The molecule has 0 bridgehead atoms. The summed E-state index contributed by atoms with van der Waals surface area (Å²) in [4.78, 5) is 0. The van der Waals surface area contributed by atoms with Gasteiger partial charge in [-0.15, -0.1) is 0 Å². The molecule has 1 fully saturated rings. The van der Waals surface area contributed by atoms with Gasteiger partial charge in [0.1, 0.15) is 0 Å². The normalized spacial score (nSPS) is 29.1. The van der Waals surface area contributed by atoms with Crippen LogP contribution in [0.25, 0.3) is 0 Å². The quantitative estimate of drug-likeness (QED) is 0.656. The van der Waals surface area contributed by atoms with Gasteiger partial charge >= 0.3 is 0 Å². The second kappa shape index (κ2) is 6.35. The summed E-state index contributed by atoms with van der Waals surface area (Å²) in [6, 6.07) is 0.653. The van der Waals surface area contributed by atoms with Crippen molar-refractivity contribution in [1.82, 2.24) is 5.32 Å². The molecule has 1 N–H and O–H groups in total. The first-order valence-corrected chi connectivity index (χ1v) is 5.17. The predicted molar refractivity (Wildman–Crippen MR) is 52.9 cm³/mol. The first-order chi connectivity index (χ1) is 6.33. The Hall–Kier alpha value is -0.120. The van der Waals surface area contributed by atoms with Gasteiger partial charge in [0, 0.05) is 26.4 Å². The zero-order valence-electron chi connectivity index (χ0n) is 8.71. The molecular formula is C10H21NO2. The Labute approximate surface area is 80.8 Å². The Morgan fingerprint density at radius 2 is 2.38 bits per heavy atom. The summed E-state index contributed by atoms with van der Waals surface area (Å²) < 4.78 is 10.5. The van der Waals surface area contributed by atoms with Gasteiger partial charge < -0.3 is 14.8 Å². The van der Waals surface area contributed by atoms with Gasteiger partial charge in [-0.2, -0.15) is 0 Å². The predicted octanol–water partition coefficient (Wildman–Crippen LogP) is 1.18. The fraction of sp³-hybridized carbons (Fsp3) is 1.00. The van der Waals surface area contributed by atoms with Crippen LogP contribution in [0.15, 0.2) is 0 Å². The first-order valence-electron chi connectivity index (χ1n) is 5.17. The second-order valence-electron chi connectivity index (χ2n) is 3.70. The number of methoxy groups -OCH3 is 1. The summed E-state index contributed by atoms with van der Waals surface area (Å²) in [6.45, 7) is 4.96. The molecular weight excluding hydrogens is 166 g/mol. The lowest BCUT2D eigenvalue weighted by atomic mass is 10.0. The Morgan fingerprint density at radius 3 is 3.08 bits per heavy atom.